The minimum absolute atomic E-state index is 0.489. The fourth-order valence-electron chi connectivity index (χ4n) is 2.59. The zero-order chi connectivity index (χ0) is 9.68. The summed E-state index contributed by atoms with van der Waals surface area (Å²) in [4.78, 5) is 0. The van der Waals surface area contributed by atoms with Crippen molar-refractivity contribution in [2.75, 3.05) is 0 Å². The Morgan fingerprint density at radius 3 is 2.23 bits per heavy atom. The lowest BCUT2D eigenvalue weighted by Gasteiger charge is -2.31. The van der Waals surface area contributed by atoms with Crippen LogP contribution >= 0.6 is 0 Å². The van der Waals surface area contributed by atoms with Gasteiger partial charge in [-0.15, -0.1) is 0 Å². The van der Waals surface area contributed by atoms with E-state index in [-0.39, 0.29) is 0 Å². The molecule has 1 aliphatic rings. The quantitative estimate of drug-likeness (QED) is 0.711. The summed E-state index contributed by atoms with van der Waals surface area (Å²) in [7, 11) is 0. The molecule has 1 saturated carbocycles. The molecule has 1 aliphatic carbocycles. The number of nitrogens with two attached hydrogens (primary N) is 1. The normalized spacial score (nSPS) is 31.6. The van der Waals surface area contributed by atoms with Crippen LogP contribution in [0.3, 0.4) is 0 Å². The Kier molecular flexibility index (Phi) is 4.79. The zero-order valence-corrected chi connectivity index (χ0v) is 9.26. The topological polar surface area (TPSA) is 26.0 Å². The summed E-state index contributed by atoms with van der Waals surface area (Å²) in [5.41, 5.74) is 6.15. The first-order valence-electron chi connectivity index (χ1n) is 6.03. The van der Waals surface area contributed by atoms with Crippen LogP contribution in [-0.2, 0) is 0 Å². The lowest BCUT2D eigenvalue weighted by molar-refractivity contribution is 0.232. The lowest BCUT2D eigenvalue weighted by atomic mass is 9.77. The van der Waals surface area contributed by atoms with Gasteiger partial charge in [0.05, 0.1) is 0 Å². The molecule has 0 saturated heterocycles. The van der Waals surface area contributed by atoms with Gasteiger partial charge in [-0.2, -0.15) is 0 Å². The zero-order valence-electron chi connectivity index (χ0n) is 9.26. The molecule has 1 nitrogen and oxygen atoms in total. The Bertz CT molecular complexity index is 125. The van der Waals surface area contributed by atoms with Crippen molar-refractivity contribution in [2.24, 2.45) is 17.6 Å². The third-order valence-corrected chi connectivity index (χ3v) is 3.70. The monoisotopic (exact) mass is 183 g/mol. The molecule has 0 aliphatic heterocycles. The molecule has 0 spiro atoms. The smallest absolute Gasteiger partial charge is 0.00670 e. The second-order valence-electron chi connectivity index (χ2n) is 4.64. The van der Waals surface area contributed by atoms with E-state index in [0.29, 0.717) is 6.04 Å². The number of hydrogen-bond acceptors (Lipinski definition) is 1. The molecular formula is C12H25N. The average molecular weight is 183 g/mol. The average Bonchev–Trinajstić information content (AvgIpc) is 2.18. The summed E-state index contributed by atoms with van der Waals surface area (Å²) in [6.45, 7) is 4.55. The summed E-state index contributed by atoms with van der Waals surface area (Å²) in [5.74, 6) is 1.84. The van der Waals surface area contributed by atoms with Crippen LogP contribution in [0.4, 0.5) is 0 Å². The molecule has 1 heteroatoms. The van der Waals surface area contributed by atoms with Crippen LogP contribution in [0.5, 0.6) is 0 Å². The SMILES string of the molecule is CCC[C@H](N)C1CCC(CC)CC1. The maximum atomic E-state index is 6.15. The van der Waals surface area contributed by atoms with Crippen LogP contribution in [0.25, 0.3) is 0 Å². The largest absolute Gasteiger partial charge is 0.327 e. The van der Waals surface area contributed by atoms with E-state index < -0.39 is 0 Å². The van der Waals surface area contributed by atoms with Crippen LogP contribution in [-0.4, -0.2) is 6.04 Å². The van der Waals surface area contributed by atoms with Gasteiger partial charge in [-0.1, -0.05) is 39.5 Å². The van der Waals surface area contributed by atoms with Crippen LogP contribution in [0.2, 0.25) is 0 Å². The Morgan fingerprint density at radius 2 is 1.77 bits per heavy atom. The van der Waals surface area contributed by atoms with Gasteiger partial charge in [-0.05, 0) is 31.1 Å². The first-order chi connectivity index (χ1) is 6.27. The van der Waals surface area contributed by atoms with E-state index in [1.165, 1.54) is 44.9 Å². The summed E-state index contributed by atoms with van der Waals surface area (Å²) in [6.07, 6.45) is 9.47. The fraction of sp³-hybridized carbons (Fsp3) is 1.00. The summed E-state index contributed by atoms with van der Waals surface area (Å²) in [6, 6.07) is 0.489. The van der Waals surface area contributed by atoms with Crippen molar-refractivity contribution in [3.8, 4) is 0 Å². The van der Waals surface area contributed by atoms with E-state index in [1.54, 1.807) is 0 Å². The first-order valence-corrected chi connectivity index (χ1v) is 6.03. The maximum absolute atomic E-state index is 6.15. The van der Waals surface area contributed by atoms with Gasteiger partial charge in [-0.25, -0.2) is 0 Å². The van der Waals surface area contributed by atoms with E-state index in [9.17, 15) is 0 Å². The second-order valence-corrected chi connectivity index (χ2v) is 4.64. The minimum Gasteiger partial charge on any atom is -0.327 e. The molecule has 0 aromatic rings. The molecule has 0 bridgehead atoms. The van der Waals surface area contributed by atoms with Crippen molar-refractivity contribution in [1.29, 1.82) is 0 Å². The van der Waals surface area contributed by atoms with Crippen molar-refractivity contribution in [3.05, 3.63) is 0 Å². The highest BCUT2D eigenvalue weighted by Gasteiger charge is 2.23. The highest BCUT2D eigenvalue weighted by molar-refractivity contribution is 4.79. The summed E-state index contributed by atoms with van der Waals surface area (Å²) < 4.78 is 0. The molecule has 1 rings (SSSR count). The third-order valence-electron chi connectivity index (χ3n) is 3.70. The van der Waals surface area contributed by atoms with Gasteiger partial charge in [0.25, 0.3) is 0 Å². The highest BCUT2D eigenvalue weighted by Crippen LogP contribution is 2.32. The third kappa shape index (κ3) is 3.30. The van der Waals surface area contributed by atoms with Crippen LogP contribution in [0, 0.1) is 11.8 Å². The van der Waals surface area contributed by atoms with E-state index >= 15 is 0 Å². The van der Waals surface area contributed by atoms with Gasteiger partial charge in [0.1, 0.15) is 0 Å². The molecule has 1 fully saturated rings. The van der Waals surface area contributed by atoms with Crippen LogP contribution in [0.15, 0.2) is 0 Å². The molecule has 0 heterocycles. The Hall–Kier alpha value is -0.0400. The number of rotatable bonds is 4. The molecular weight excluding hydrogens is 158 g/mol. The standard InChI is InChI=1S/C12H25N/c1-3-5-12(13)11-8-6-10(4-2)7-9-11/h10-12H,3-9,13H2,1-2H3/t10?,11?,12-/m0/s1. The predicted molar refractivity (Wildman–Crippen MR) is 58.6 cm³/mol. The minimum atomic E-state index is 0.489. The first kappa shape index (κ1) is 11.0. The van der Waals surface area contributed by atoms with E-state index in [2.05, 4.69) is 13.8 Å². The van der Waals surface area contributed by atoms with Crippen molar-refractivity contribution >= 4 is 0 Å². The van der Waals surface area contributed by atoms with Gasteiger partial charge in [0, 0.05) is 6.04 Å². The van der Waals surface area contributed by atoms with Crippen molar-refractivity contribution in [1.82, 2.24) is 0 Å². The number of hydrogen-bond donors (Lipinski definition) is 1. The second kappa shape index (κ2) is 5.64. The molecule has 0 aromatic carbocycles. The lowest BCUT2D eigenvalue weighted by Crippen LogP contribution is -2.32. The van der Waals surface area contributed by atoms with Gasteiger partial charge >= 0.3 is 0 Å². The van der Waals surface area contributed by atoms with Crippen LogP contribution < -0.4 is 5.73 Å². The molecule has 2 N–H and O–H groups in total. The Morgan fingerprint density at radius 1 is 1.15 bits per heavy atom. The van der Waals surface area contributed by atoms with Gasteiger partial charge in [0.2, 0.25) is 0 Å². The Labute approximate surface area is 83.1 Å². The summed E-state index contributed by atoms with van der Waals surface area (Å²) in [5, 5.41) is 0. The van der Waals surface area contributed by atoms with Crippen molar-refractivity contribution in [2.45, 2.75) is 64.8 Å². The Balaban J connectivity index is 2.23. The highest BCUT2D eigenvalue weighted by atomic mass is 14.6. The van der Waals surface area contributed by atoms with E-state index in [1.807, 2.05) is 0 Å². The molecule has 0 radical (unpaired) electrons. The molecule has 13 heavy (non-hydrogen) atoms. The van der Waals surface area contributed by atoms with Crippen LogP contribution in [0.1, 0.15) is 58.8 Å². The van der Waals surface area contributed by atoms with E-state index in [4.69, 9.17) is 5.73 Å². The molecule has 1 atom stereocenters. The summed E-state index contributed by atoms with van der Waals surface area (Å²) >= 11 is 0. The predicted octanol–water partition coefficient (Wildman–Crippen LogP) is 3.33. The molecule has 0 unspecified atom stereocenters. The van der Waals surface area contributed by atoms with Gasteiger partial charge < -0.3 is 5.73 Å². The van der Waals surface area contributed by atoms with E-state index in [0.717, 1.165) is 11.8 Å². The molecule has 0 amide bonds. The fourth-order valence-corrected chi connectivity index (χ4v) is 2.59. The van der Waals surface area contributed by atoms with Crippen molar-refractivity contribution < 1.29 is 0 Å². The van der Waals surface area contributed by atoms with Crippen molar-refractivity contribution in [3.63, 3.8) is 0 Å². The molecule has 78 valence electrons. The maximum Gasteiger partial charge on any atom is 0.00670 e. The van der Waals surface area contributed by atoms with Gasteiger partial charge in [-0.3, -0.25) is 0 Å². The van der Waals surface area contributed by atoms with Gasteiger partial charge in [0.15, 0.2) is 0 Å². The molecule has 0 aromatic heterocycles.